The van der Waals surface area contributed by atoms with Gasteiger partial charge in [0.05, 0.1) is 17.7 Å². The van der Waals surface area contributed by atoms with Crippen LogP contribution < -0.4 is 5.32 Å². The maximum Gasteiger partial charge on any atom is 0.230 e. The molecule has 0 spiro atoms. The minimum absolute atomic E-state index is 0.0228. The second-order valence-electron chi connectivity index (χ2n) is 5.37. The Morgan fingerprint density at radius 1 is 1.29 bits per heavy atom. The Labute approximate surface area is 122 Å². The van der Waals surface area contributed by atoms with Gasteiger partial charge in [0.25, 0.3) is 0 Å². The topological polar surface area (TPSA) is 54.9 Å². The maximum atomic E-state index is 13.0. The van der Waals surface area contributed by atoms with Crippen LogP contribution >= 0.6 is 0 Å². The van der Waals surface area contributed by atoms with E-state index in [1.54, 1.807) is 24.4 Å². The number of carbonyl (C=O) groups is 1. The average molecular weight is 285 g/mol. The van der Waals surface area contributed by atoms with Crippen LogP contribution in [0.2, 0.25) is 0 Å². The molecular formula is C16H16FN3O. The highest BCUT2D eigenvalue weighted by Gasteiger charge is 2.51. The Kier molecular flexibility index (Phi) is 3.41. The Balaban J connectivity index is 1.69. The average Bonchev–Trinajstić information content (AvgIpc) is 3.27. The fraction of sp³-hybridized carbons (Fsp3) is 0.312. The number of benzene rings is 1. The van der Waals surface area contributed by atoms with Crippen LogP contribution in [0.15, 0.2) is 36.5 Å². The van der Waals surface area contributed by atoms with Crippen molar-refractivity contribution in [2.24, 2.45) is 0 Å². The molecular weight excluding hydrogens is 269 g/mol. The molecule has 1 heterocycles. The van der Waals surface area contributed by atoms with Gasteiger partial charge in [-0.15, -0.1) is 0 Å². The second-order valence-corrected chi connectivity index (χ2v) is 5.37. The number of hydrogen-bond donors (Lipinski definition) is 1. The molecule has 4 nitrogen and oxygen atoms in total. The van der Waals surface area contributed by atoms with E-state index in [9.17, 15) is 9.18 Å². The van der Waals surface area contributed by atoms with E-state index in [1.165, 1.54) is 12.1 Å². The molecule has 108 valence electrons. The summed E-state index contributed by atoms with van der Waals surface area (Å²) < 4.78 is 13.0. The van der Waals surface area contributed by atoms with Crippen molar-refractivity contribution in [1.82, 2.24) is 15.3 Å². The molecule has 0 radical (unpaired) electrons. The molecule has 1 fully saturated rings. The van der Waals surface area contributed by atoms with E-state index in [4.69, 9.17) is 0 Å². The minimum atomic E-state index is -0.490. The lowest BCUT2D eigenvalue weighted by Crippen LogP contribution is -2.34. The van der Waals surface area contributed by atoms with Crippen LogP contribution in [0.4, 0.5) is 4.39 Å². The largest absolute Gasteiger partial charge is 0.350 e. The third kappa shape index (κ3) is 2.77. The highest BCUT2D eigenvalue weighted by atomic mass is 19.1. The third-order valence-electron chi connectivity index (χ3n) is 3.85. The van der Waals surface area contributed by atoms with E-state index in [2.05, 4.69) is 15.3 Å². The molecule has 21 heavy (non-hydrogen) atoms. The number of aromatic nitrogens is 2. The first-order valence-electron chi connectivity index (χ1n) is 6.93. The van der Waals surface area contributed by atoms with Crippen molar-refractivity contribution >= 4 is 5.91 Å². The molecule has 1 N–H and O–H groups in total. The number of amides is 1. The van der Waals surface area contributed by atoms with Crippen molar-refractivity contribution in [1.29, 1.82) is 0 Å². The predicted molar refractivity (Wildman–Crippen MR) is 75.9 cm³/mol. The van der Waals surface area contributed by atoms with Crippen LogP contribution in [-0.2, 0) is 16.8 Å². The van der Waals surface area contributed by atoms with Crippen molar-refractivity contribution in [3.63, 3.8) is 0 Å². The summed E-state index contributed by atoms with van der Waals surface area (Å²) in [7, 11) is 0. The molecule has 1 amide bonds. The van der Waals surface area contributed by atoms with Crippen molar-refractivity contribution in [3.05, 3.63) is 59.4 Å². The highest BCUT2D eigenvalue weighted by Crippen LogP contribution is 2.48. The van der Waals surface area contributed by atoms with Crippen LogP contribution in [0.25, 0.3) is 0 Å². The van der Waals surface area contributed by atoms with Gasteiger partial charge in [-0.05, 0) is 43.5 Å². The van der Waals surface area contributed by atoms with Crippen molar-refractivity contribution < 1.29 is 9.18 Å². The van der Waals surface area contributed by atoms with Gasteiger partial charge in [-0.25, -0.2) is 14.4 Å². The molecule has 1 aliphatic carbocycles. The summed E-state index contributed by atoms with van der Waals surface area (Å²) in [5.41, 5.74) is 1.17. The summed E-state index contributed by atoms with van der Waals surface area (Å²) in [6.07, 6.45) is 3.28. The first-order chi connectivity index (χ1) is 10.1. The lowest BCUT2D eigenvalue weighted by atomic mass is 9.95. The van der Waals surface area contributed by atoms with Gasteiger partial charge in [0.15, 0.2) is 0 Å². The lowest BCUT2D eigenvalue weighted by molar-refractivity contribution is -0.123. The van der Waals surface area contributed by atoms with Crippen LogP contribution in [0.1, 0.15) is 29.9 Å². The van der Waals surface area contributed by atoms with Crippen LogP contribution in [0.3, 0.4) is 0 Å². The van der Waals surface area contributed by atoms with Crippen LogP contribution in [0, 0.1) is 12.7 Å². The number of nitrogens with zero attached hydrogens (tertiary/aromatic N) is 2. The lowest BCUT2D eigenvalue weighted by Gasteiger charge is -2.15. The van der Waals surface area contributed by atoms with Crippen molar-refractivity contribution in [2.75, 3.05) is 0 Å². The zero-order valence-electron chi connectivity index (χ0n) is 11.8. The predicted octanol–water partition coefficient (Wildman–Crippen LogP) is 2.27. The Morgan fingerprint density at radius 2 is 2.00 bits per heavy atom. The molecule has 1 aliphatic rings. The van der Waals surface area contributed by atoms with Gasteiger partial charge in [0.1, 0.15) is 11.6 Å². The molecule has 0 saturated heterocycles. The number of halogens is 1. The smallest absolute Gasteiger partial charge is 0.230 e. The number of rotatable bonds is 4. The fourth-order valence-corrected chi connectivity index (χ4v) is 2.48. The van der Waals surface area contributed by atoms with Gasteiger partial charge >= 0.3 is 0 Å². The molecule has 0 aliphatic heterocycles. The molecule has 0 unspecified atom stereocenters. The van der Waals surface area contributed by atoms with Gasteiger partial charge in [-0.3, -0.25) is 4.79 Å². The van der Waals surface area contributed by atoms with E-state index in [1.807, 2.05) is 6.92 Å². The first kappa shape index (κ1) is 13.7. The van der Waals surface area contributed by atoms with Crippen molar-refractivity contribution in [2.45, 2.75) is 31.7 Å². The van der Waals surface area contributed by atoms with E-state index < -0.39 is 5.41 Å². The van der Waals surface area contributed by atoms with E-state index in [0.29, 0.717) is 12.4 Å². The van der Waals surface area contributed by atoms with Crippen LogP contribution in [0.5, 0.6) is 0 Å². The van der Waals surface area contributed by atoms with Gasteiger partial charge in [0, 0.05) is 6.20 Å². The minimum Gasteiger partial charge on any atom is -0.350 e. The Hall–Kier alpha value is -2.30. The normalized spacial score (nSPS) is 15.5. The zero-order valence-corrected chi connectivity index (χ0v) is 11.8. The quantitative estimate of drug-likeness (QED) is 0.937. The molecule has 0 atom stereocenters. The molecule has 3 rings (SSSR count). The molecule has 1 aromatic heterocycles. The number of aryl methyl sites for hydroxylation is 1. The van der Waals surface area contributed by atoms with Crippen molar-refractivity contribution in [3.8, 4) is 0 Å². The Morgan fingerprint density at radius 3 is 2.62 bits per heavy atom. The molecule has 0 bridgehead atoms. The summed E-state index contributed by atoms with van der Waals surface area (Å²) in [5.74, 6) is 0.373. The molecule has 1 aromatic carbocycles. The number of nitrogens with one attached hydrogen (secondary N) is 1. The third-order valence-corrected chi connectivity index (χ3v) is 3.85. The standard InChI is InChI=1S/C16H16FN3O/c1-11-18-9-6-14(20-11)10-19-15(21)16(7-8-16)12-2-4-13(17)5-3-12/h2-6,9H,7-8,10H2,1H3,(H,19,21). The SMILES string of the molecule is Cc1nccc(CNC(=O)C2(c3ccc(F)cc3)CC2)n1. The van der Waals surface area contributed by atoms with Gasteiger partial charge in [0.2, 0.25) is 5.91 Å². The molecule has 1 saturated carbocycles. The fourth-order valence-electron chi connectivity index (χ4n) is 2.48. The van der Waals surface area contributed by atoms with Gasteiger partial charge in [-0.2, -0.15) is 0 Å². The van der Waals surface area contributed by atoms with E-state index in [-0.39, 0.29) is 11.7 Å². The maximum absolute atomic E-state index is 13.0. The Bertz CT molecular complexity index is 665. The van der Waals surface area contributed by atoms with Gasteiger partial charge < -0.3 is 5.32 Å². The van der Waals surface area contributed by atoms with E-state index in [0.717, 1.165) is 24.1 Å². The molecule has 2 aromatic rings. The number of carbonyl (C=O) groups excluding carboxylic acids is 1. The zero-order chi connectivity index (χ0) is 14.9. The van der Waals surface area contributed by atoms with Gasteiger partial charge in [-0.1, -0.05) is 12.1 Å². The summed E-state index contributed by atoms with van der Waals surface area (Å²) in [6.45, 7) is 2.19. The summed E-state index contributed by atoms with van der Waals surface area (Å²) in [4.78, 5) is 20.7. The first-order valence-corrected chi connectivity index (χ1v) is 6.93. The molecule has 5 heteroatoms. The highest BCUT2D eigenvalue weighted by molar-refractivity contribution is 5.91. The van der Waals surface area contributed by atoms with Crippen LogP contribution in [-0.4, -0.2) is 15.9 Å². The van der Waals surface area contributed by atoms with E-state index >= 15 is 0 Å². The monoisotopic (exact) mass is 285 g/mol. The number of hydrogen-bond acceptors (Lipinski definition) is 3. The second kappa shape index (κ2) is 5.24. The summed E-state index contributed by atoms with van der Waals surface area (Å²) in [5, 5.41) is 2.92. The summed E-state index contributed by atoms with van der Waals surface area (Å²) >= 11 is 0. The summed E-state index contributed by atoms with van der Waals surface area (Å²) in [6, 6.07) is 7.96.